The van der Waals surface area contributed by atoms with E-state index in [-0.39, 0.29) is 18.4 Å². The third-order valence-electron chi connectivity index (χ3n) is 3.85. The lowest BCUT2D eigenvalue weighted by Crippen LogP contribution is -2.44. The minimum atomic E-state index is -0.371. The smallest absolute Gasteiger partial charge is 0.270 e. The molecule has 0 spiro atoms. The van der Waals surface area contributed by atoms with Crippen molar-refractivity contribution in [3.63, 3.8) is 0 Å². The summed E-state index contributed by atoms with van der Waals surface area (Å²) in [7, 11) is 1.59. The van der Waals surface area contributed by atoms with Crippen molar-refractivity contribution in [3.05, 3.63) is 70.7 Å². The van der Waals surface area contributed by atoms with Crippen molar-refractivity contribution < 1.29 is 14.3 Å². The molecule has 0 atom stereocenters. The Hall–Kier alpha value is -3.04. The number of carbonyl (C=O) groups excluding carboxylic acids is 2. The Balaban J connectivity index is 1.48. The van der Waals surface area contributed by atoms with Gasteiger partial charge >= 0.3 is 0 Å². The second-order valence-electron chi connectivity index (χ2n) is 5.85. The number of nitrogens with zero attached hydrogens (tertiary/aromatic N) is 1. The van der Waals surface area contributed by atoms with Crippen molar-refractivity contribution in [3.8, 4) is 5.75 Å². The average molecular weight is 429 g/mol. The zero-order valence-electron chi connectivity index (χ0n) is 15.7. The number of rotatable bonds is 8. The van der Waals surface area contributed by atoms with Crippen LogP contribution in [0.15, 0.2) is 64.3 Å². The monoisotopic (exact) mass is 428 g/mol. The zero-order valence-corrected chi connectivity index (χ0v) is 17.3. The maximum atomic E-state index is 12.5. The molecule has 0 aliphatic heterocycles. The summed E-state index contributed by atoms with van der Waals surface area (Å²) >= 11 is 3.06. The summed E-state index contributed by atoms with van der Waals surface area (Å²) in [5.74, 6) is 0.677. The number of hydrazine groups is 1. The lowest BCUT2D eigenvalue weighted by molar-refractivity contribution is -0.120. The molecule has 0 saturated heterocycles. The third kappa shape index (κ3) is 6.23. The van der Waals surface area contributed by atoms with Crippen LogP contribution >= 0.6 is 23.1 Å². The fourth-order valence-corrected chi connectivity index (χ4v) is 3.99. The molecule has 150 valence electrons. The van der Waals surface area contributed by atoms with Gasteiger partial charge in [0.25, 0.3) is 11.8 Å². The van der Waals surface area contributed by atoms with E-state index in [9.17, 15) is 9.59 Å². The largest absolute Gasteiger partial charge is 0.497 e. The Labute approximate surface area is 176 Å². The Morgan fingerprint density at radius 3 is 2.62 bits per heavy atom. The van der Waals surface area contributed by atoms with Gasteiger partial charge in [0.05, 0.1) is 30.4 Å². The van der Waals surface area contributed by atoms with Crippen LogP contribution in [0.5, 0.6) is 5.75 Å². The predicted molar refractivity (Wildman–Crippen MR) is 115 cm³/mol. The molecule has 0 aliphatic rings. The van der Waals surface area contributed by atoms with Crippen LogP contribution < -0.4 is 20.9 Å². The standard InChI is InChI=1S/C20H20N4O3S2/c1-27-16-8-6-14(7-9-16)21-10-19(25)23-24-20(26)17-4-2-3-5-18(17)29-12-15-11-28-13-22-15/h2-9,11,13,21H,10,12H2,1H3,(H,23,25)(H,24,26). The molecular formula is C20H20N4O3S2. The number of methoxy groups -OCH3 is 1. The van der Waals surface area contributed by atoms with Crippen LogP contribution in [-0.4, -0.2) is 30.5 Å². The molecule has 29 heavy (non-hydrogen) atoms. The van der Waals surface area contributed by atoms with E-state index >= 15 is 0 Å². The molecular weight excluding hydrogens is 408 g/mol. The fraction of sp³-hybridized carbons (Fsp3) is 0.150. The average Bonchev–Trinajstić information content (AvgIpc) is 3.29. The minimum Gasteiger partial charge on any atom is -0.497 e. The fourth-order valence-electron chi connectivity index (χ4n) is 2.37. The van der Waals surface area contributed by atoms with Crippen molar-refractivity contribution in [2.24, 2.45) is 0 Å². The first kappa shape index (κ1) is 20.7. The first-order valence-corrected chi connectivity index (χ1v) is 10.6. The van der Waals surface area contributed by atoms with Crippen LogP contribution in [0, 0.1) is 0 Å². The summed E-state index contributed by atoms with van der Waals surface area (Å²) in [5, 5.41) is 4.96. The summed E-state index contributed by atoms with van der Waals surface area (Å²) in [6, 6.07) is 14.5. The molecule has 3 aromatic rings. The lowest BCUT2D eigenvalue weighted by Gasteiger charge is -2.11. The number of ether oxygens (including phenoxy) is 1. The van der Waals surface area contributed by atoms with Gasteiger partial charge in [-0.05, 0) is 36.4 Å². The molecule has 2 aromatic carbocycles. The predicted octanol–water partition coefficient (Wildman–Crippen LogP) is 3.32. The highest BCUT2D eigenvalue weighted by Crippen LogP contribution is 2.26. The van der Waals surface area contributed by atoms with E-state index in [1.54, 1.807) is 49.0 Å². The van der Waals surface area contributed by atoms with Gasteiger partial charge in [0.2, 0.25) is 0 Å². The second kappa shape index (κ2) is 10.5. The van der Waals surface area contributed by atoms with Crippen LogP contribution in [-0.2, 0) is 10.5 Å². The molecule has 0 saturated carbocycles. The van der Waals surface area contributed by atoms with E-state index in [1.807, 2.05) is 17.5 Å². The van der Waals surface area contributed by atoms with E-state index in [1.165, 1.54) is 23.1 Å². The molecule has 2 amide bonds. The quantitative estimate of drug-likeness (QED) is 0.377. The van der Waals surface area contributed by atoms with Gasteiger partial charge in [-0.2, -0.15) is 0 Å². The van der Waals surface area contributed by atoms with Gasteiger partial charge in [-0.15, -0.1) is 23.1 Å². The zero-order chi connectivity index (χ0) is 20.5. The first-order valence-electron chi connectivity index (χ1n) is 8.71. The number of hydrogen-bond acceptors (Lipinski definition) is 7. The molecule has 0 unspecified atom stereocenters. The van der Waals surface area contributed by atoms with E-state index < -0.39 is 0 Å². The third-order valence-corrected chi connectivity index (χ3v) is 5.59. The summed E-state index contributed by atoms with van der Waals surface area (Å²) in [6.45, 7) is 0.0207. The van der Waals surface area contributed by atoms with Gasteiger partial charge in [0.1, 0.15) is 5.75 Å². The number of nitrogens with one attached hydrogen (secondary N) is 3. The van der Waals surface area contributed by atoms with Crippen molar-refractivity contribution >= 4 is 40.6 Å². The summed E-state index contributed by atoms with van der Waals surface area (Å²) in [4.78, 5) is 29.6. The summed E-state index contributed by atoms with van der Waals surface area (Å²) in [5.41, 5.74) is 8.90. The molecule has 1 aromatic heterocycles. The van der Waals surface area contributed by atoms with Crippen molar-refractivity contribution in [2.45, 2.75) is 10.6 Å². The van der Waals surface area contributed by atoms with Gasteiger partial charge < -0.3 is 10.1 Å². The molecule has 1 heterocycles. The number of carbonyl (C=O) groups is 2. The Bertz CT molecular complexity index is 947. The van der Waals surface area contributed by atoms with Gasteiger partial charge in [-0.25, -0.2) is 4.98 Å². The summed E-state index contributed by atoms with van der Waals surface area (Å²) in [6.07, 6.45) is 0. The topological polar surface area (TPSA) is 92.4 Å². The second-order valence-corrected chi connectivity index (χ2v) is 7.58. The SMILES string of the molecule is COc1ccc(NCC(=O)NNC(=O)c2ccccc2SCc2cscn2)cc1. The molecule has 0 fully saturated rings. The number of aromatic nitrogens is 1. The number of amides is 2. The van der Waals surface area contributed by atoms with E-state index in [4.69, 9.17) is 4.74 Å². The highest BCUT2D eigenvalue weighted by atomic mass is 32.2. The normalized spacial score (nSPS) is 10.2. The van der Waals surface area contributed by atoms with Crippen LogP contribution in [0.4, 0.5) is 5.69 Å². The lowest BCUT2D eigenvalue weighted by atomic mass is 10.2. The molecule has 0 radical (unpaired) electrons. The van der Waals surface area contributed by atoms with Crippen LogP contribution in [0.2, 0.25) is 0 Å². The Morgan fingerprint density at radius 2 is 1.90 bits per heavy atom. The van der Waals surface area contributed by atoms with E-state index in [0.29, 0.717) is 11.3 Å². The molecule has 3 N–H and O–H groups in total. The number of benzene rings is 2. The van der Waals surface area contributed by atoms with Crippen molar-refractivity contribution in [1.82, 2.24) is 15.8 Å². The molecule has 0 bridgehead atoms. The highest BCUT2D eigenvalue weighted by molar-refractivity contribution is 7.98. The number of hydrogen-bond donors (Lipinski definition) is 3. The maximum Gasteiger partial charge on any atom is 0.270 e. The highest BCUT2D eigenvalue weighted by Gasteiger charge is 2.12. The summed E-state index contributed by atoms with van der Waals surface area (Å²) < 4.78 is 5.09. The van der Waals surface area contributed by atoms with Crippen molar-refractivity contribution in [2.75, 3.05) is 19.0 Å². The Morgan fingerprint density at radius 1 is 1.10 bits per heavy atom. The molecule has 7 nitrogen and oxygen atoms in total. The molecule has 9 heteroatoms. The van der Waals surface area contributed by atoms with Gasteiger partial charge in [0.15, 0.2) is 0 Å². The minimum absolute atomic E-state index is 0.0207. The van der Waals surface area contributed by atoms with Crippen LogP contribution in [0.3, 0.4) is 0 Å². The van der Waals surface area contributed by atoms with E-state index in [2.05, 4.69) is 21.2 Å². The van der Waals surface area contributed by atoms with Gasteiger partial charge in [-0.3, -0.25) is 20.4 Å². The van der Waals surface area contributed by atoms with Crippen LogP contribution in [0.25, 0.3) is 0 Å². The molecule has 3 rings (SSSR count). The van der Waals surface area contributed by atoms with Crippen molar-refractivity contribution in [1.29, 1.82) is 0 Å². The maximum absolute atomic E-state index is 12.5. The number of thioether (sulfide) groups is 1. The van der Waals surface area contributed by atoms with Gasteiger partial charge in [0, 0.05) is 21.7 Å². The van der Waals surface area contributed by atoms with Gasteiger partial charge in [-0.1, -0.05) is 12.1 Å². The first-order chi connectivity index (χ1) is 14.2. The number of anilines is 1. The van der Waals surface area contributed by atoms with E-state index in [0.717, 1.165) is 22.0 Å². The molecule has 0 aliphatic carbocycles. The Kier molecular flexibility index (Phi) is 7.48. The van der Waals surface area contributed by atoms with Crippen LogP contribution in [0.1, 0.15) is 16.1 Å². The number of thiazole rings is 1.